The summed E-state index contributed by atoms with van der Waals surface area (Å²) in [4.78, 5) is 27.5. The van der Waals surface area contributed by atoms with Crippen LogP contribution in [0.4, 0.5) is 5.69 Å². The van der Waals surface area contributed by atoms with Gasteiger partial charge in [0.2, 0.25) is 0 Å². The van der Waals surface area contributed by atoms with E-state index in [9.17, 15) is 14.7 Å². The number of furan rings is 1. The van der Waals surface area contributed by atoms with Crippen LogP contribution in [-0.2, 0) is 10.4 Å². The van der Waals surface area contributed by atoms with Crippen LogP contribution in [0.25, 0.3) is 0 Å². The van der Waals surface area contributed by atoms with E-state index in [4.69, 9.17) is 4.42 Å². The molecule has 0 radical (unpaired) electrons. The quantitative estimate of drug-likeness (QED) is 0.709. The first-order valence-electron chi connectivity index (χ1n) is 8.72. The molecule has 2 aromatic rings. The van der Waals surface area contributed by atoms with Gasteiger partial charge in [-0.1, -0.05) is 29.3 Å². The molecule has 1 N–H and O–H groups in total. The standard InChI is InChI=1S/C20H22BrNO4/c1-4-5-8-22-16-7-6-14(21)9-15(16)20(25,19(22)24)10-17(23)18-12(2)11-26-13(18)3/h6-7,9,11,25H,4-5,8,10H2,1-3H3/t20-/m1/s1. The van der Waals surface area contributed by atoms with E-state index in [1.807, 2.05) is 19.1 Å². The number of anilines is 1. The van der Waals surface area contributed by atoms with Crippen molar-refractivity contribution in [2.24, 2.45) is 0 Å². The Morgan fingerprint density at radius 2 is 2.08 bits per heavy atom. The third-order valence-electron chi connectivity index (χ3n) is 4.88. The average Bonchev–Trinajstić information content (AvgIpc) is 3.02. The Morgan fingerprint density at radius 1 is 1.35 bits per heavy atom. The number of carbonyl (C=O) groups is 2. The van der Waals surface area contributed by atoms with Gasteiger partial charge in [0, 0.05) is 16.6 Å². The van der Waals surface area contributed by atoms with Crippen LogP contribution in [0.2, 0.25) is 0 Å². The maximum Gasteiger partial charge on any atom is 0.264 e. The molecule has 0 bridgehead atoms. The number of nitrogens with zero attached hydrogens (tertiary/aromatic N) is 1. The smallest absolute Gasteiger partial charge is 0.264 e. The van der Waals surface area contributed by atoms with Crippen LogP contribution in [0.15, 0.2) is 33.4 Å². The summed E-state index contributed by atoms with van der Waals surface area (Å²) >= 11 is 3.40. The van der Waals surface area contributed by atoms with E-state index < -0.39 is 11.5 Å². The van der Waals surface area contributed by atoms with E-state index in [0.717, 1.165) is 17.3 Å². The van der Waals surface area contributed by atoms with Crippen LogP contribution in [-0.4, -0.2) is 23.3 Å². The number of hydrogen-bond donors (Lipinski definition) is 1. The summed E-state index contributed by atoms with van der Waals surface area (Å²) in [6, 6.07) is 5.37. The molecule has 3 rings (SSSR count). The summed E-state index contributed by atoms with van der Waals surface area (Å²) in [6.07, 6.45) is 2.96. The molecule has 1 amide bonds. The maximum atomic E-state index is 13.1. The van der Waals surface area contributed by atoms with Gasteiger partial charge in [0.15, 0.2) is 11.4 Å². The molecule has 1 atom stereocenters. The number of aliphatic hydroxyl groups is 1. The fraction of sp³-hybridized carbons (Fsp3) is 0.400. The van der Waals surface area contributed by atoms with Crippen molar-refractivity contribution in [3.8, 4) is 0 Å². The molecule has 0 spiro atoms. The maximum absolute atomic E-state index is 13.1. The van der Waals surface area contributed by atoms with Crippen LogP contribution in [0.1, 0.15) is 53.4 Å². The van der Waals surface area contributed by atoms with E-state index >= 15 is 0 Å². The van der Waals surface area contributed by atoms with Crippen molar-refractivity contribution in [3.05, 3.63) is 51.4 Å². The summed E-state index contributed by atoms with van der Waals surface area (Å²) in [5.41, 5.74) is 0.427. The van der Waals surface area contributed by atoms with Gasteiger partial charge >= 0.3 is 0 Å². The molecule has 0 saturated heterocycles. The highest BCUT2D eigenvalue weighted by molar-refractivity contribution is 9.10. The van der Waals surface area contributed by atoms with Gasteiger partial charge in [-0.25, -0.2) is 0 Å². The molecule has 6 heteroatoms. The zero-order valence-corrected chi connectivity index (χ0v) is 16.7. The summed E-state index contributed by atoms with van der Waals surface area (Å²) in [5, 5.41) is 11.3. The van der Waals surface area contributed by atoms with E-state index in [1.54, 1.807) is 24.8 Å². The van der Waals surface area contributed by atoms with Gasteiger partial charge in [-0.15, -0.1) is 0 Å². The minimum atomic E-state index is -1.86. The molecule has 0 aliphatic carbocycles. The lowest BCUT2D eigenvalue weighted by atomic mass is 9.87. The van der Waals surface area contributed by atoms with Gasteiger partial charge in [-0.3, -0.25) is 9.59 Å². The van der Waals surface area contributed by atoms with Gasteiger partial charge in [0.25, 0.3) is 5.91 Å². The zero-order valence-electron chi connectivity index (χ0n) is 15.1. The average molecular weight is 420 g/mol. The lowest BCUT2D eigenvalue weighted by Gasteiger charge is -2.22. The van der Waals surface area contributed by atoms with Crippen LogP contribution < -0.4 is 4.90 Å². The lowest BCUT2D eigenvalue weighted by Crippen LogP contribution is -2.42. The number of amides is 1. The number of ketones is 1. The van der Waals surface area contributed by atoms with E-state index in [-0.39, 0.29) is 12.2 Å². The third kappa shape index (κ3) is 3.01. The Balaban J connectivity index is 2.01. The van der Waals surface area contributed by atoms with Gasteiger partial charge in [0.1, 0.15) is 5.76 Å². The first-order chi connectivity index (χ1) is 12.3. The molecule has 5 nitrogen and oxygen atoms in total. The molecule has 26 heavy (non-hydrogen) atoms. The molecule has 1 aliphatic rings. The van der Waals surface area contributed by atoms with Gasteiger partial charge in [-0.2, -0.15) is 0 Å². The first-order valence-corrected chi connectivity index (χ1v) is 9.51. The Hall–Kier alpha value is -1.92. The molecule has 1 aromatic heterocycles. The van der Waals surface area contributed by atoms with Crippen molar-refractivity contribution in [3.63, 3.8) is 0 Å². The topological polar surface area (TPSA) is 70.8 Å². The Kier molecular flexibility index (Phi) is 5.08. The molecule has 2 heterocycles. The van der Waals surface area contributed by atoms with Crippen LogP contribution in [0.5, 0.6) is 0 Å². The Morgan fingerprint density at radius 3 is 2.69 bits per heavy atom. The fourth-order valence-electron chi connectivity index (χ4n) is 3.54. The highest BCUT2D eigenvalue weighted by atomic mass is 79.9. The molecule has 1 aliphatic heterocycles. The molecule has 0 unspecified atom stereocenters. The number of carbonyl (C=O) groups excluding carboxylic acids is 2. The minimum Gasteiger partial charge on any atom is -0.469 e. The zero-order chi connectivity index (χ0) is 19.1. The number of benzene rings is 1. The van der Waals surface area contributed by atoms with Gasteiger partial charge < -0.3 is 14.4 Å². The number of aryl methyl sites for hydroxylation is 2. The summed E-state index contributed by atoms with van der Waals surface area (Å²) in [6.45, 7) is 6.05. The van der Waals surface area contributed by atoms with Crippen molar-refractivity contribution in [1.29, 1.82) is 0 Å². The third-order valence-corrected chi connectivity index (χ3v) is 5.38. The number of fused-ring (bicyclic) bond motifs is 1. The molecule has 138 valence electrons. The van der Waals surface area contributed by atoms with E-state index in [2.05, 4.69) is 15.9 Å². The highest BCUT2D eigenvalue weighted by Crippen LogP contribution is 2.44. The van der Waals surface area contributed by atoms with Crippen molar-refractivity contribution >= 4 is 33.3 Å². The summed E-state index contributed by atoms with van der Waals surface area (Å²) < 4.78 is 6.05. The number of Topliss-reactive ketones (excluding diaryl/α,β-unsaturated/α-hetero) is 1. The number of hydrogen-bond acceptors (Lipinski definition) is 4. The predicted octanol–water partition coefficient (Wildman–Crippen LogP) is 4.27. The van der Waals surface area contributed by atoms with Crippen LogP contribution >= 0.6 is 15.9 Å². The van der Waals surface area contributed by atoms with Crippen LogP contribution in [0, 0.1) is 13.8 Å². The van der Waals surface area contributed by atoms with Gasteiger partial charge in [-0.05, 0) is 44.0 Å². The lowest BCUT2D eigenvalue weighted by molar-refractivity contribution is -0.135. The van der Waals surface area contributed by atoms with Crippen molar-refractivity contribution in [2.45, 2.75) is 45.6 Å². The van der Waals surface area contributed by atoms with Crippen molar-refractivity contribution in [2.75, 3.05) is 11.4 Å². The van der Waals surface area contributed by atoms with Gasteiger partial charge in [0.05, 0.1) is 23.9 Å². The number of halogens is 1. The normalized spacial score (nSPS) is 19.1. The first kappa shape index (κ1) is 18.9. The molecular weight excluding hydrogens is 398 g/mol. The monoisotopic (exact) mass is 419 g/mol. The Labute approximate surface area is 161 Å². The fourth-order valence-corrected chi connectivity index (χ4v) is 3.90. The second kappa shape index (κ2) is 7.00. The minimum absolute atomic E-state index is 0.298. The van der Waals surface area contributed by atoms with Crippen molar-refractivity contribution < 1.29 is 19.1 Å². The van der Waals surface area contributed by atoms with Crippen molar-refractivity contribution in [1.82, 2.24) is 0 Å². The molecular formula is C20H22BrNO4. The largest absolute Gasteiger partial charge is 0.469 e. The Bertz CT molecular complexity index is 853. The SMILES string of the molecule is CCCCN1C(=O)[C@@](O)(CC(=O)c2c(C)coc2C)c2cc(Br)ccc21. The number of rotatable bonds is 6. The molecule has 0 saturated carbocycles. The number of unbranched alkanes of at least 4 members (excludes halogenated alkanes) is 1. The summed E-state index contributed by atoms with van der Waals surface area (Å²) in [7, 11) is 0. The van der Waals surface area contributed by atoms with E-state index in [1.165, 1.54) is 6.26 Å². The second-order valence-electron chi connectivity index (χ2n) is 6.78. The summed E-state index contributed by atoms with van der Waals surface area (Å²) in [5.74, 6) is -0.238. The second-order valence-corrected chi connectivity index (χ2v) is 7.70. The highest BCUT2D eigenvalue weighted by Gasteiger charge is 2.51. The van der Waals surface area contributed by atoms with E-state index in [0.29, 0.717) is 34.7 Å². The predicted molar refractivity (Wildman–Crippen MR) is 102 cm³/mol. The molecule has 1 aromatic carbocycles. The molecule has 0 fully saturated rings. The van der Waals surface area contributed by atoms with Crippen LogP contribution in [0.3, 0.4) is 0 Å².